The van der Waals surface area contributed by atoms with Crippen LogP contribution in [0.4, 0.5) is 17.5 Å². The summed E-state index contributed by atoms with van der Waals surface area (Å²) in [5.74, 6) is 6.94. The Hall–Kier alpha value is -2.05. The molecular weight excluding hydrogens is 266 g/mol. The van der Waals surface area contributed by atoms with E-state index in [9.17, 15) is 0 Å². The van der Waals surface area contributed by atoms with Crippen LogP contribution in [0.5, 0.6) is 5.75 Å². The predicted molar refractivity (Wildman–Crippen MR) is 75.9 cm³/mol. The highest BCUT2D eigenvalue weighted by atomic mass is 35.5. The number of halogens is 1. The number of benzene rings is 1. The van der Waals surface area contributed by atoms with Gasteiger partial charge < -0.3 is 10.1 Å². The smallest absolute Gasteiger partial charge is 0.239 e. The fourth-order valence-corrected chi connectivity index (χ4v) is 1.66. The summed E-state index contributed by atoms with van der Waals surface area (Å²) in [7, 11) is 1.60. The second-order valence-electron chi connectivity index (χ2n) is 3.84. The molecule has 0 aliphatic rings. The van der Waals surface area contributed by atoms with Crippen molar-refractivity contribution >= 4 is 29.1 Å². The number of nitrogen functional groups attached to an aromatic ring is 1. The van der Waals surface area contributed by atoms with Gasteiger partial charge in [0, 0.05) is 17.8 Å². The summed E-state index contributed by atoms with van der Waals surface area (Å²) in [4.78, 5) is 8.24. The third-order valence-corrected chi connectivity index (χ3v) is 2.86. The Morgan fingerprint density at radius 3 is 2.84 bits per heavy atom. The lowest BCUT2D eigenvalue weighted by molar-refractivity contribution is 0.415. The van der Waals surface area contributed by atoms with Crippen molar-refractivity contribution in [1.29, 1.82) is 0 Å². The standard InChI is InChI=1S/C12H14ClN5O/c1-7-6-15-12(18-14)17-11(7)16-10-5-8(19-2)3-4-9(10)13/h3-6H,14H2,1-2H3,(H2,15,16,17,18). The van der Waals surface area contributed by atoms with Gasteiger partial charge in [0.1, 0.15) is 11.6 Å². The Bertz CT molecular complexity index is 539. The van der Waals surface area contributed by atoms with Crippen LogP contribution in [-0.4, -0.2) is 17.1 Å². The molecule has 0 amide bonds. The third-order valence-electron chi connectivity index (χ3n) is 2.53. The summed E-state index contributed by atoms with van der Waals surface area (Å²) in [6.07, 6.45) is 1.67. The van der Waals surface area contributed by atoms with E-state index in [-0.39, 0.29) is 0 Å². The van der Waals surface area contributed by atoms with E-state index < -0.39 is 0 Å². The second kappa shape index (κ2) is 5.73. The average molecular weight is 280 g/mol. The Balaban J connectivity index is 2.35. The molecule has 1 heterocycles. The molecule has 0 saturated heterocycles. The monoisotopic (exact) mass is 279 g/mol. The van der Waals surface area contributed by atoms with E-state index in [0.29, 0.717) is 28.2 Å². The molecular formula is C12H14ClN5O. The molecule has 4 N–H and O–H groups in total. The molecule has 100 valence electrons. The molecule has 0 aliphatic heterocycles. The van der Waals surface area contributed by atoms with Crippen LogP contribution in [0, 0.1) is 6.92 Å². The van der Waals surface area contributed by atoms with E-state index >= 15 is 0 Å². The fraction of sp³-hybridized carbons (Fsp3) is 0.167. The highest BCUT2D eigenvalue weighted by molar-refractivity contribution is 6.33. The van der Waals surface area contributed by atoms with E-state index in [1.165, 1.54) is 0 Å². The van der Waals surface area contributed by atoms with Crippen LogP contribution in [0.1, 0.15) is 5.56 Å². The molecule has 19 heavy (non-hydrogen) atoms. The summed E-state index contributed by atoms with van der Waals surface area (Å²) < 4.78 is 5.16. The summed E-state index contributed by atoms with van der Waals surface area (Å²) in [6.45, 7) is 1.89. The van der Waals surface area contributed by atoms with Crippen LogP contribution < -0.4 is 21.3 Å². The fourth-order valence-electron chi connectivity index (χ4n) is 1.49. The molecule has 1 aromatic carbocycles. The lowest BCUT2D eigenvalue weighted by Crippen LogP contribution is -2.11. The molecule has 0 atom stereocenters. The van der Waals surface area contributed by atoms with E-state index in [2.05, 4.69) is 20.7 Å². The van der Waals surface area contributed by atoms with Gasteiger partial charge >= 0.3 is 0 Å². The van der Waals surface area contributed by atoms with Crippen LogP contribution in [0.25, 0.3) is 0 Å². The number of nitrogens with zero attached hydrogens (tertiary/aromatic N) is 2. The first-order valence-electron chi connectivity index (χ1n) is 5.55. The lowest BCUT2D eigenvalue weighted by atomic mass is 10.2. The number of aryl methyl sites for hydroxylation is 1. The average Bonchev–Trinajstić information content (AvgIpc) is 2.43. The van der Waals surface area contributed by atoms with Crippen molar-refractivity contribution in [3.8, 4) is 5.75 Å². The van der Waals surface area contributed by atoms with Gasteiger partial charge in [-0.05, 0) is 19.1 Å². The van der Waals surface area contributed by atoms with Gasteiger partial charge in [-0.2, -0.15) is 4.98 Å². The van der Waals surface area contributed by atoms with Gasteiger partial charge in [0.15, 0.2) is 0 Å². The zero-order valence-electron chi connectivity index (χ0n) is 10.6. The first-order valence-corrected chi connectivity index (χ1v) is 5.92. The Morgan fingerprint density at radius 2 is 2.16 bits per heavy atom. The van der Waals surface area contributed by atoms with E-state index in [4.69, 9.17) is 22.2 Å². The Labute approximate surface area is 115 Å². The number of ether oxygens (including phenoxy) is 1. The molecule has 2 aromatic rings. The number of hydrogen-bond donors (Lipinski definition) is 3. The summed E-state index contributed by atoms with van der Waals surface area (Å²) in [5, 5.41) is 3.70. The van der Waals surface area contributed by atoms with Crippen LogP contribution in [0.15, 0.2) is 24.4 Å². The van der Waals surface area contributed by atoms with Crippen molar-refractivity contribution in [2.75, 3.05) is 17.9 Å². The minimum atomic E-state index is 0.326. The predicted octanol–water partition coefficient (Wildman–Crippen LogP) is 2.48. The number of anilines is 3. The number of methoxy groups -OCH3 is 1. The van der Waals surface area contributed by atoms with Crippen LogP contribution >= 0.6 is 11.6 Å². The number of hydrogen-bond acceptors (Lipinski definition) is 6. The SMILES string of the molecule is COc1ccc(Cl)c(Nc2nc(NN)ncc2C)c1. The minimum absolute atomic E-state index is 0.326. The van der Waals surface area contributed by atoms with Gasteiger partial charge in [-0.3, -0.25) is 5.43 Å². The zero-order valence-corrected chi connectivity index (χ0v) is 11.3. The molecule has 1 aromatic heterocycles. The Morgan fingerprint density at radius 1 is 1.37 bits per heavy atom. The molecule has 0 spiro atoms. The molecule has 0 fully saturated rings. The maximum absolute atomic E-state index is 6.13. The summed E-state index contributed by atoms with van der Waals surface area (Å²) in [6, 6.07) is 5.33. The molecule has 7 heteroatoms. The van der Waals surface area contributed by atoms with Crippen molar-refractivity contribution in [2.45, 2.75) is 6.92 Å². The van der Waals surface area contributed by atoms with Crippen LogP contribution in [-0.2, 0) is 0 Å². The number of nitrogens with one attached hydrogen (secondary N) is 2. The number of nitrogens with two attached hydrogens (primary N) is 1. The zero-order chi connectivity index (χ0) is 13.8. The largest absolute Gasteiger partial charge is 0.497 e. The van der Waals surface area contributed by atoms with Gasteiger partial charge in [-0.25, -0.2) is 10.8 Å². The van der Waals surface area contributed by atoms with Crippen molar-refractivity contribution in [3.05, 3.63) is 35.0 Å². The van der Waals surface area contributed by atoms with Crippen LogP contribution in [0.3, 0.4) is 0 Å². The molecule has 0 bridgehead atoms. The van der Waals surface area contributed by atoms with Gasteiger partial charge in [0.2, 0.25) is 5.95 Å². The van der Waals surface area contributed by atoms with E-state index in [0.717, 1.165) is 5.56 Å². The summed E-state index contributed by atoms with van der Waals surface area (Å²) in [5.41, 5.74) is 3.97. The number of rotatable bonds is 4. The molecule has 6 nitrogen and oxygen atoms in total. The lowest BCUT2D eigenvalue weighted by Gasteiger charge is -2.12. The second-order valence-corrected chi connectivity index (χ2v) is 4.25. The van der Waals surface area contributed by atoms with Gasteiger partial charge in [-0.15, -0.1) is 0 Å². The molecule has 0 aliphatic carbocycles. The highest BCUT2D eigenvalue weighted by Gasteiger charge is 2.07. The van der Waals surface area contributed by atoms with Crippen LogP contribution in [0.2, 0.25) is 5.02 Å². The van der Waals surface area contributed by atoms with Crippen molar-refractivity contribution < 1.29 is 4.74 Å². The van der Waals surface area contributed by atoms with E-state index in [1.807, 2.05) is 6.92 Å². The molecule has 0 unspecified atom stereocenters. The number of aromatic nitrogens is 2. The van der Waals surface area contributed by atoms with Gasteiger partial charge in [0.05, 0.1) is 17.8 Å². The highest BCUT2D eigenvalue weighted by Crippen LogP contribution is 2.29. The van der Waals surface area contributed by atoms with Crippen molar-refractivity contribution in [1.82, 2.24) is 9.97 Å². The third kappa shape index (κ3) is 3.04. The molecule has 2 rings (SSSR count). The quantitative estimate of drug-likeness (QED) is 0.589. The Kier molecular flexibility index (Phi) is 4.03. The maximum Gasteiger partial charge on any atom is 0.239 e. The van der Waals surface area contributed by atoms with Gasteiger partial charge in [-0.1, -0.05) is 11.6 Å². The van der Waals surface area contributed by atoms with Gasteiger partial charge in [0.25, 0.3) is 0 Å². The van der Waals surface area contributed by atoms with E-state index in [1.54, 1.807) is 31.5 Å². The minimum Gasteiger partial charge on any atom is -0.497 e. The van der Waals surface area contributed by atoms with Crippen molar-refractivity contribution in [3.63, 3.8) is 0 Å². The van der Waals surface area contributed by atoms with Crippen molar-refractivity contribution in [2.24, 2.45) is 5.84 Å². The summed E-state index contributed by atoms with van der Waals surface area (Å²) >= 11 is 6.13. The number of hydrazine groups is 1. The maximum atomic E-state index is 6.13. The normalized spacial score (nSPS) is 10.1. The molecule has 0 radical (unpaired) electrons. The molecule has 0 saturated carbocycles. The first-order chi connectivity index (χ1) is 9.13. The topological polar surface area (TPSA) is 85.1 Å². The first kappa shape index (κ1) is 13.4.